The van der Waals surface area contributed by atoms with Crippen LogP contribution < -0.4 is 5.32 Å². The Labute approximate surface area is 108 Å². The molecular formula is C13H16N2O2S. The summed E-state index contributed by atoms with van der Waals surface area (Å²) in [6.07, 6.45) is 3.97. The van der Waals surface area contributed by atoms with Crippen LogP contribution in [-0.4, -0.2) is 21.2 Å². The van der Waals surface area contributed by atoms with Crippen LogP contribution in [0.4, 0.5) is 5.69 Å². The third-order valence-electron chi connectivity index (χ3n) is 3.36. The Morgan fingerprint density at radius 2 is 1.94 bits per heavy atom. The minimum Gasteiger partial charge on any atom is -0.384 e. The zero-order valence-electron chi connectivity index (χ0n) is 10.3. The number of rotatable bonds is 5. The van der Waals surface area contributed by atoms with Gasteiger partial charge in [0.2, 0.25) is 0 Å². The summed E-state index contributed by atoms with van der Waals surface area (Å²) in [4.78, 5) is 0.325. The molecule has 0 unspecified atom stereocenters. The monoisotopic (exact) mass is 264 g/mol. The summed E-state index contributed by atoms with van der Waals surface area (Å²) in [5, 5.41) is 12.0. The molecule has 5 heteroatoms. The topological polar surface area (TPSA) is 70.0 Å². The van der Waals surface area contributed by atoms with Crippen molar-refractivity contribution < 1.29 is 8.42 Å². The largest absolute Gasteiger partial charge is 0.384 e. The molecule has 1 aromatic rings. The first kappa shape index (κ1) is 12.9. The third-order valence-corrected chi connectivity index (χ3v) is 4.49. The maximum absolute atomic E-state index is 11.3. The maximum Gasteiger partial charge on any atom is 0.175 e. The number of hydrogen-bond donors (Lipinski definition) is 1. The first-order valence-electron chi connectivity index (χ1n) is 5.86. The van der Waals surface area contributed by atoms with Gasteiger partial charge in [0.15, 0.2) is 9.84 Å². The Kier molecular flexibility index (Phi) is 3.31. The number of sulfone groups is 1. The second kappa shape index (κ2) is 4.62. The van der Waals surface area contributed by atoms with Crippen LogP contribution in [-0.2, 0) is 9.84 Å². The van der Waals surface area contributed by atoms with E-state index in [0.717, 1.165) is 25.1 Å². The SMILES string of the molecule is CS(=O)(=O)c1ccc(NCC2(CC#N)CC2)cc1. The summed E-state index contributed by atoms with van der Waals surface area (Å²) in [6.45, 7) is 0.777. The minimum absolute atomic E-state index is 0.143. The quantitative estimate of drug-likeness (QED) is 0.885. The van der Waals surface area contributed by atoms with Crippen molar-refractivity contribution >= 4 is 15.5 Å². The summed E-state index contributed by atoms with van der Waals surface area (Å²) >= 11 is 0. The first-order valence-corrected chi connectivity index (χ1v) is 7.75. The molecule has 0 aliphatic heterocycles. The van der Waals surface area contributed by atoms with Gasteiger partial charge in [0.05, 0.1) is 11.0 Å². The average Bonchev–Trinajstić information content (AvgIpc) is 3.07. The Morgan fingerprint density at radius 1 is 1.33 bits per heavy atom. The third kappa shape index (κ3) is 3.02. The molecule has 0 bridgehead atoms. The van der Waals surface area contributed by atoms with E-state index in [-0.39, 0.29) is 5.41 Å². The van der Waals surface area contributed by atoms with Gasteiger partial charge in [0, 0.05) is 30.3 Å². The second-order valence-corrected chi connectivity index (χ2v) is 7.00. The fraction of sp³-hybridized carbons (Fsp3) is 0.462. The van der Waals surface area contributed by atoms with Crippen molar-refractivity contribution in [3.63, 3.8) is 0 Å². The van der Waals surface area contributed by atoms with Gasteiger partial charge in [-0.2, -0.15) is 5.26 Å². The molecule has 0 saturated heterocycles. The molecule has 96 valence electrons. The standard InChI is InChI=1S/C13H16N2O2S/c1-18(16,17)12-4-2-11(3-5-12)15-10-13(6-7-13)8-9-14/h2-5,15H,6-8,10H2,1H3. The van der Waals surface area contributed by atoms with E-state index >= 15 is 0 Å². The van der Waals surface area contributed by atoms with Crippen LogP contribution in [0.5, 0.6) is 0 Å². The normalized spacial score (nSPS) is 16.9. The highest BCUT2D eigenvalue weighted by molar-refractivity contribution is 7.90. The number of anilines is 1. The second-order valence-electron chi connectivity index (χ2n) is 4.98. The summed E-state index contributed by atoms with van der Waals surface area (Å²) in [5.74, 6) is 0. The summed E-state index contributed by atoms with van der Waals surface area (Å²) in [7, 11) is -3.13. The van der Waals surface area contributed by atoms with Gasteiger partial charge in [0.25, 0.3) is 0 Å². The fourth-order valence-corrected chi connectivity index (χ4v) is 2.50. The van der Waals surface area contributed by atoms with E-state index in [1.165, 1.54) is 6.26 Å². The highest BCUT2D eigenvalue weighted by atomic mass is 32.2. The lowest BCUT2D eigenvalue weighted by Crippen LogP contribution is -2.14. The highest BCUT2D eigenvalue weighted by Gasteiger charge is 2.42. The molecule has 0 spiro atoms. The van der Waals surface area contributed by atoms with E-state index in [2.05, 4.69) is 11.4 Å². The molecule has 1 N–H and O–H groups in total. The van der Waals surface area contributed by atoms with Gasteiger partial charge in [-0.3, -0.25) is 0 Å². The maximum atomic E-state index is 11.3. The average molecular weight is 264 g/mol. The molecule has 0 atom stereocenters. The zero-order chi connectivity index (χ0) is 13.2. The predicted molar refractivity (Wildman–Crippen MR) is 69.9 cm³/mol. The van der Waals surface area contributed by atoms with Crippen molar-refractivity contribution in [2.24, 2.45) is 5.41 Å². The molecular weight excluding hydrogens is 248 g/mol. The molecule has 1 aliphatic carbocycles. The zero-order valence-corrected chi connectivity index (χ0v) is 11.1. The van der Waals surface area contributed by atoms with Gasteiger partial charge in [-0.25, -0.2) is 8.42 Å². The van der Waals surface area contributed by atoms with Gasteiger partial charge >= 0.3 is 0 Å². The van der Waals surface area contributed by atoms with Crippen LogP contribution in [0.1, 0.15) is 19.3 Å². The molecule has 0 radical (unpaired) electrons. The number of hydrogen-bond acceptors (Lipinski definition) is 4. The lowest BCUT2D eigenvalue weighted by Gasteiger charge is -2.13. The Morgan fingerprint density at radius 3 is 2.39 bits per heavy atom. The van der Waals surface area contributed by atoms with Crippen LogP contribution in [0.15, 0.2) is 29.2 Å². The smallest absolute Gasteiger partial charge is 0.175 e. The first-order chi connectivity index (χ1) is 8.45. The van der Waals surface area contributed by atoms with Crippen LogP contribution in [0.3, 0.4) is 0 Å². The number of nitrogens with zero attached hydrogens (tertiary/aromatic N) is 1. The summed E-state index contributed by atoms with van der Waals surface area (Å²) < 4.78 is 22.6. The van der Waals surface area contributed by atoms with E-state index in [9.17, 15) is 8.42 Å². The van der Waals surface area contributed by atoms with Crippen LogP contribution >= 0.6 is 0 Å². The van der Waals surface area contributed by atoms with Crippen molar-refractivity contribution in [3.8, 4) is 6.07 Å². The predicted octanol–water partition coefficient (Wildman–Crippen LogP) is 2.20. The molecule has 1 fully saturated rings. The van der Waals surface area contributed by atoms with Gasteiger partial charge in [-0.05, 0) is 37.1 Å². The molecule has 18 heavy (non-hydrogen) atoms. The van der Waals surface area contributed by atoms with Crippen molar-refractivity contribution in [2.75, 3.05) is 18.1 Å². The molecule has 1 aromatic carbocycles. The lowest BCUT2D eigenvalue weighted by atomic mass is 10.0. The highest BCUT2D eigenvalue weighted by Crippen LogP contribution is 2.48. The Bertz CT molecular complexity index is 566. The van der Waals surface area contributed by atoms with E-state index in [0.29, 0.717) is 11.3 Å². The molecule has 4 nitrogen and oxygen atoms in total. The number of nitrogens with one attached hydrogen (secondary N) is 1. The van der Waals surface area contributed by atoms with Crippen molar-refractivity contribution in [3.05, 3.63) is 24.3 Å². The van der Waals surface area contributed by atoms with E-state index in [1.807, 2.05) is 0 Å². The van der Waals surface area contributed by atoms with Crippen LogP contribution in [0.2, 0.25) is 0 Å². The van der Waals surface area contributed by atoms with Gasteiger partial charge in [-0.15, -0.1) is 0 Å². The van der Waals surface area contributed by atoms with Crippen molar-refractivity contribution in [1.29, 1.82) is 5.26 Å². The minimum atomic E-state index is -3.13. The van der Waals surface area contributed by atoms with Crippen molar-refractivity contribution in [1.82, 2.24) is 0 Å². The van der Waals surface area contributed by atoms with E-state index in [1.54, 1.807) is 24.3 Å². The molecule has 2 rings (SSSR count). The van der Waals surface area contributed by atoms with E-state index < -0.39 is 9.84 Å². The fourth-order valence-electron chi connectivity index (χ4n) is 1.87. The van der Waals surface area contributed by atoms with Gasteiger partial charge in [0.1, 0.15) is 0 Å². The molecule has 1 aliphatic rings. The molecule has 0 heterocycles. The Balaban J connectivity index is 1.98. The summed E-state index contributed by atoms with van der Waals surface area (Å²) in [6, 6.07) is 8.94. The number of nitriles is 1. The van der Waals surface area contributed by atoms with Crippen LogP contribution in [0.25, 0.3) is 0 Å². The molecule has 0 amide bonds. The molecule has 1 saturated carbocycles. The van der Waals surface area contributed by atoms with Crippen LogP contribution in [0, 0.1) is 16.7 Å². The lowest BCUT2D eigenvalue weighted by molar-refractivity contribution is 0.557. The summed E-state index contributed by atoms with van der Waals surface area (Å²) in [5.41, 5.74) is 1.04. The van der Waals surface area contributed by atoms with Gasteiger partial charge in [-0.1, -0.05) is 0 Å². The van der Waals surface area contributed by atoms with E-state index in [4.69, 9.17) is 5.26 Å². The Hall–Kier alpha value is -1.54. The van der Waals surface area contributed by atoms with Gasteiger partial charge < -0.3 is 5.32 Å². The number of benzene rings is 1. The van der Waals surface area contributed by atoms with Crippen molar-refractivity contribution in [2.45, 2.75) is 24.2 Å². The molecule has 0 aromatic heterocycles.